The molecule has 170 valence electrons. The van der Waals surface area contributed by atoms with Gasteiger partial charge >= 0.3 is 0 Å². The van der Waals surface area contributed by atoms with Crippen molar-refractivity contribution in [1.29, 1.82) is 0 Å². The molecular formula is C28H25FN4O. The number of benzene rings is 3. The molecule has 0 radical (unpaired) electrons. The number of amides is 1. The van der Waals surface area contributed by atoms with E-state index in [0.29, 0.717) is 34.9 Å². The van der Waals surface area contributed by atoms with Crippen LogP contribution in [0.25, 0.3) is 22.0 Å². The van der Waals surface area contributed by atoms with Crippen LogP contribution in [-0.2, 0) is 6.54 Å². The number of fused-ring (bicyclic) bond motifs is 1. The Balaban J connectivity index is 1.32. The number of halogens is 1. The second-order valence-electron chi connectivity index (χ2n) is 9.23. The number of carbonyl (C=O) groups excluding carboxylic acids is 1. The van der Waals surface area contributed by atoms with Crippen molar-refractivity contribution in [2.24, 2.45) is 0 Å². The maximum Gasteiger partial charge on any atom is 0.254 e. The fraction of sp³-hybridized carbons (Fsp3) is 0.250. The monoisotopic (exact) mass is 452 g/mol. The molecule has 4 aromatic rings. The molecule has 2 aliphatic rings. The van der Waals surface area contributed by atoms with E-state index in [0.717, 1.165) is 42.4 Å². The molecule has 0 spiro atoms. The van der Waals surface area contributed by atoms with Crippen LogP contribution in [0, 0.1) is 5.82 Å². The lowest BCUT2D eigenvalue weighted by Gasteiger charge is -2.23. The van der Waals surface area contributed by atoms with E-state index in [4.69, 9.17) is 0 Å². The lowest BCUT2D eigenvalue weighted by molar-refractivity contribution is 0.0730. The Hall–Kier alpha value is -3.80. The summed E-state index contributed by atoms with van der Waals surface area (Å²) in [4.78, 5) is 23.6. The molecule has 0 aliphatic heterocycles. The molecule has 34 heavy (non-hydrogen) atoms. The number of nitrogens with one attached hydrogen (secondary N) is 1. The molecule has 2 aliphatic carbocycles. The summed E-state index contributed by atoms with van der Waals surface area (Å²) in [5.74, 6) is 0.369. The van der Waals surface area contributed by atoms with Crippen molar-refractivity contribution < 1.29 is 9.18 Å². The second-order valence-corrected chi connectivity index (χ2v) is 9.23. The predicted molar refractivity (Wildman–Crippen MR) is 131 cm³/mol. The van der Waals surface area contributed by atoms with E-state index in [1.807, 2.05) is 65.6 Å². The zero-order chi connectivity index (χ0) is 23.1. The van der Waals surface area contributed by atoms with E-state index < -0.39 is 0 Å². The summed E-state index contributed by atoms with van der Waals surface area (Å²) < 4.78 is 15.0. The summed E-state index contributed by atoms with van der Waals surface area (Å²) >= 11 is 0. The molecule has 1 amide bonds. The lowest BCUT2D eigenvalue weighted by atomic mass is 10.0. The summed E-state index contributed by atoms with van der Waals surface area (Å²) in [6.45, 7) is 0.528. The van der Waals surface area contributed by atoms with Gasteiger partial charge in [0, 0.05) is 29.6 Å². The van der Waals surface area contributed by atoms with E-state index in [1.165, 1.54) is 12.4 Å². The first-order valence-electron chi connectivity index (χ1n) is 11.8. The largest absolute Gasteiger partial charge is 0.367 e. The van der Waals surface area contributed by atoms with Crippen molar-refractivity contribution in [1.82, 2.24) is 14.9 Å². The van der Waals surface area contributed by atoms with Crippen LogP contribution in [-0.4, -0.2) is 32.9 Å². The van der Waals surface area contributed by atoms with Crippen LogP contribution in [0.5, 0.6) is 0 Å². The molecule has 1 aromatic heterocycles. The van der Waals surface area contributed by atoms with E-state index in [1.54, 1.807) is 0 Å². The summed E-state index contributed by atoms with van der Waals surface area (Å²) in [6.07, 6.45) is 5.69. The highest BCUT2D eigenvalue weighted by Crippen LogP contribution is 2.33. The van der Waals surface area contributed by atoms with Crippen LogP contribution >= 0.6 is 0 Å². The van der Waals surface area contributed by atoms with Crippen LogP contribution in [0.3, 0.4) is 0 Å². The quantitative estimate of drug-likeness (QED) is 0.384. The number of hydrogen-bond donors (Lipinski definition) is 1. The van der Waals surface area contributed by atoms with Crippen LogP contribution in [0.2, 0.25) is 0 Å². The normalized spacial score (nSPS) is 15.3. The van der Waals surface area contributed by atoms with Crippen molar-refractivity contribution in [2.75, 3.05) is 5.32 Å². The fourth-order valence-electron chi connectivity index (χ4n) is 4.37. The van der Waals surface area contributed by atoms with Gasteiger partial charge in [-0.1, -0.05) is 36.4 Å². The van der Waals surface area contributed by atoms with Gasteiger partial charge in [-0.15, -0.1) is 0 Å². The molecule has 5 nitrogen and oxygen atoms in total. The third-order valence-corrected chi connectivity index (χ3v) is 6.49. The average Bonchev–Trinajstić information content (AvgIpc) is 3.79. The van der Waals surface area contributed by atoms with Gasteiger partial charge in [-0.25, -0.2) is 14.4 Å². The van der Waals surface area contributed by atoms with Crippen molar-refractivity contribution in [3.63, 3.8) is 0 Å². The molecule has 1 heterocycles. The molecule has 6 rings (SSSR count). The summed E-state index contributed by atoms with van der Waals surface area (Å²) in [6, 6.07) is 21.6. The highest BCUT2D eigenvalue weighted by atomic mass is 19.1. The first-order valence-corrected chi connectivity index (χ1v) is 11.8. The third-order valence-electron chi connectivity index (χ3n) is 6.49. The van der Waals surface area contributed by atoms with Gasteiger partial charge in [0.25, 0.3) is 5.91 Å². The minimum absolute atomic E-state index is 0.0539. The first-order chi connectivity index (χ1) is 16.7. The topological polar surface area (TPSA) is 58.1 Å². The van der Waals surface area contributed by atoms with Crippen molar-refractivity contribution in [3.05, 3.63) is 90.0 Å². The van der Waals surface area contributed by atoms with Crippen molar-refractivity contribution in [2.45, 2.75) is 44.3 Å². The van der Waals surface area contributed by atoms with E-state index in [9.17, 15) is 4.79 Å². The molecule has 3 aromatic carbocycles. The number of aromatic nitrogens is 2. The Bertz CT molecular complexity index is 1370. The van der Waals surface area contributed by atoms with Gasteiger partial charge in [0.15, 0.2) is 0 Å². The smallest absolute Gasteiger partial charge is 0.254 e. The van der Waals surface area contributed by atoms with Gasteiger partial charge in [0.05, 0.1) is 0 Å². The number of nitrogens with zero attached hydrogens (tertiary/aromatic N) is 3. The molecule has 1 N–H and O–H groups in total. The van der Waals surface area contributed by atoms with Gasteiger partial charge in [-0.2, -0.15) is 0 Å². The SMILES string of the molecule is O=C(c1ccccc1)N(Cc1cccc(-c2cc(F)c3ncnc(NC4CC4)c3c2)c1)C1CC1. The number of carbonyl (C=O) groups is 1. The first kappa shape index (κ1) is 20.8. The van der Waals surface area contributed by atoms with Crippen molar-refractivity contribution in [3.8, 4) is 11.1 Å². The molecule has 2 fully saturated rings. The Morgan fingerprint density at radius 2 is 1.76 bits per heavy atom. The predicted octanol–water partition coefficient (Wildman–Crippen LogP) is 5.82. The minimum atomic E-state index is -0.363. The summed E-state index contributed by atoms with van der Waals surface area (Å²) in [5, 5.41) is 4.08. The van der Waals surface area contributed by atoms with Crippen LogP contribution in [0.1, 0.15) is 41.6 Å². The van der Waals surface area contributed by atoms with Gasteiger partial charge in [0.2, 0.25) is 0 Å². The average molecular weight is 453 g/mol. The minimum Gasteiger partial charge on any atom is -0.367 e. The van der Waals surface area contributed by atoms with Gasteiger partial charge in [-0.3, -0.25) is 4.79 Å². The van der Waals surface area contributed by atoms with E-state index in [-0.39, 0.29) is 17.8 Å². The van der Waals surface area contributed by atoms with E-state index in [2.05, 4.69) is 15.3 Å². The highest BCUT2D eigenvalue weighted by molar-refractivity contribution is 5.95. The maximum atomic E-state index is 15.0. The third kappa shape index (κ3) is 4.23. The zero-order valence-electron chi connectivity index (χ0n) is 18.7. The van der Waals surface area contributed by atoms with Crippen LogP contribution in [0.15, 0.2) is 73.1 Å². The number of rotatable bonds is 7. The van der Waals surface area contributed by atoms with Crippen molar-refractivity contribution >= 4 is 22.6 Å². The van der Waals surface area contributed by atoms with E-state index >= 15 is 4.39 Å². The second kappa shape index (κ2) is 8.52. The number of anilines is 1. The highest BCUT2D eigenvalue weighted by Gasteiger charge is 2.33. The molecule has 0 saturated heterocycles. The van der Waals surface area contributed by atoms with Gasteiger partial charge < -0.3 is 10.2 Å². The molecule has 2 saturated carbocycles. The Morgan fingerprint density at radius 1 is 0.941 bits per heavy atom. The molecule has 0 bridgehead atoms. The number of hydrogen-bond acceptors (Lipinski definition) is 4. The Morgan fingerprint density at radius 3 is 2.53 bits per heavy atom. The molecule has 6 heteroatoms. The standard InChI is InChI=1S/C28H25FN4O/c29-25-15-21(14-24-26(25)30-17-31-27(24)32-22-9-10-22)20-8-4-5-18(13-20)16-33(23-11-12-23)28(34)19-6-2-1-3-7-19/h1-8,13-15,17,22-23H,9-12,16H2,(H,30,31,32). The van der Waals surface area contributed by atoms with Gasteiger partial charge in [-0.05, 0) is 72.7 Å². The lowest BCUT2D eigenvalue weighted by Crippen LogP contribution is -2.32. The van der Waals surface area contributed by atoms with Crippen LogP contribution in [0.4, 0.5) is 10.2 Å². The molecular weight excluding hydrogens is 427 g/mol. The Kier molecular flexibility index (Phi) is 5.21. The Labute approximate surface area is 197 Å². The summed E-state index contributed by atoms with van der Waals surface area (Å²) in [5.41, 5.74) is 3.73. The maximum absolute atomic E-state index is 15.0. The molecule has 0 unspecified atom stereocenters. The fourth-order valence-corrected chi connectivity index (χ4v) is 4.37. The van der Waals surface area contributed by atoms with Gasteiger partial charge in [0.1, 0.15) is 23.5 Å². The summed E-state index contributed by atoms with van der Waals surface area (Å²) in [7, 11) is 0. The zero-order valence-corrected chi connectivity index (χ0v) is 18.7. The molecule has 0 atom stereocenters. The van der Waals surface area contributed by atoms with Crippen LogP contribution < -0.4 is 5.32 Å².